The Hall–Kier alpha value is -1.07. The molecular weight excluding hydrogens is 243 g/mol. The summed E-state index contributed by atoms with van der Waals surface area (Å²) in [4.78, 5) is 0. The van der Waals surface area contributed by atoms with Crippen molar-refractivity contribution in [3.05, 3.63) is 35.1 Å². The first kappa shape index (κ1) is 15.0. The van der Waals surface area contributed by atoms with Crippen molar-refractivity contribution in [2.45, 2.75) is 32.4 Å². The molecule has 0 radical (unpaired) electrons. The largest absolute Gasteiger partial charge is 0.377 e. The zero-order valence-electron chi connectivity index (χ0n) is 10.8. The van der Waals surface area contributed by atoms with E-state index in [0.29, 0.717) is 13.0 Å². The van der Waals surface area contributed by atoms with Gasteiger partial charge < -0.3 is 10.1 Å². The van der Waals surface area contributed by atoms with Gasteiger partial charge in [-0.15, -0.1) is 0 Å². The van der Waals surface area contributed by atoms with Crippen LogP contribution in [0.1, 0.15) is 31.9 Å². The Balaban J connectivity index is 3.12. The third-order valence-electron chi connectivity index (χ3n) is 2.87. The van der Waals surface area contributed by atoms with Crippen LogP contribution in [-0.4, -0.2) is 19.8 Å². The molecule has 0 saturated carbocycles. The highest BCUT2D eigenvalue weighted by molar-refractivity contribution is 5.24. The smallest absolute Gasteiger partial charge is 0.194 e. The summed E-state index contributed by atoms with van der Waals surface area (Å²) in [5.41, 5.74) is 0.0803. The summed E-state index contributed by atoms with van der Waals surface area (Å²) in [6.07, 6.45) is 0.344. The maximum atomic E-state index is 13.7. The fourth-order valence-electron chi connectivity index (χ4n) is 1.99. The molecule has 0 aliphatic carbocycles. The zero-order valence-corrected chi connectivity index (χ0v) is 10.8. The van der Waals surface area contributed by atoms with E-state index in [1.165, 1.54) is 6.07 Å². The van der Waals surface area contributed by atoms with Crippen LogP contribution in [0.4, 0.5) is 13.2 Å². The number of rotatable bonds is 6. The number of likely N-dealkylation sites (N-methyl/N-ethyl adjacent to an activating group) is 1. The van der Waals surface area contributed by atoms with E-state index in [1.807, 2.05) is 13.8 Å². The molecule has 0 spiro atoms. The minimum atomic E-state index is -1.45. The third-order valence-corrected chi connectivity index (χ3v) is 2.87. The van der Waals surface area contributed by atoms with Crippen molar-refractivity contribution in [2.75, 3.05) is 13.7 Å². The first-order chi connectivity index (χ1) is 8.56. The highest BCUT2D eigenvalue weighted by Gasteiger charge is 2.26. The number of benzene rings is 1. The quantitative estimate of drug-likeness (QED) is 0.794. The lowest BCUT2D eigenvalue weighted by Gasteiger charge is -2.26. The van der Waals surface area contributed by atoms with Gasteiger partial charge in [0.1, 0.15) is 0 Å². The molecule has 0 aliphatic rings. The first-order valence-corrected chi connectivity index (χ1v) is 5.99. The molecule has 18 heavy (non-hydrogen) atoms. The molecule has 0 heterocycles. The monoisotopic (exact) mass is 261 g/mol. The van der Waals surface area contributed by atoms with Crippen LogP contribution in [0.2, 0.25) is 0 Å². The highest BCUT2D eigenvalue weighted by Crippen LogP contribution is 2.26. The average Bonchev–Trinajstić information content (AvgIpc) is 2.38. The molecule has 0 fully saturated rings. The van der Waals surface area contributed by atoms with E-state index < -0.39 is 23.5 Å². The van der Waals surface area contributed by atoms with Gasteiger partial charge in [0.25, 0.3) is 0 Å². The van der Waals surface area contributed by atoms with Crippen molar-refractivity contribution in [1.29, 1.82) is 0 Å². The highest BCUT2D eigenvalue weighted by atomic mass is 19.2. The van der Waals surface area contributed by atoms with Crippen molar-refractivity contribution in [3.8, 4) is 0 Å². The molecule has 2 atom stereocenters. The third kappa shape index (κ3) is 3.03. The van der Waals surface area contributed by atoms with Crippen LogP contribution >= 0.6 is 0 Å². The Bertz CT molecular complexity index is 398. The molecule has 1 aromatic rings. The van der Waals surface area contributed by atoms with Gasteiger partial charge in [-0.05, 0) is 26.5 Å². The molecule has 1 rings (SSSR count). The summed E-state index contributed by atoms with van der Waals surface area (Å²) in [7, 11) is 1.63. The van der Waals surface area contributed by atoms with Crippen molar-refractivity contribution >= 4 is 0 Å². The predicted octanol–water partition coefficient (Wildman–Crippen LogP) is 3.18. The van der Waals surface area contributed by atoms with Crippen LogP contribution in [0.3, 0.4) is 0 Å². The maximum Gasteiger partial charge on any atom is 0.194 e. The van der Waals surface area contributed by atoms with Crippen molar-refractivity contribution in [2.24, 2.45) is 0 Å². The number of hydrogen-bond donors (Lipinski definition) is 1. The van der Waals surface area contributed by atoms with E-state index in [1.54, 1.807) is 7.05 Å². The minimum Gasteiger partial charge on any atom is -0.377 e. The lowest BCUT2D eigenvalue weighted by atomic mass is 9.98. The van der Waals surface area contributed by atoms with E-state index in [-0.39, 0.29) is 11.7 Å². The van der Waals surface area contributed by atoms with Crippen LogP contribution in [0, 0.1) is 17.5 Å². The van der Waals surface area contributed by atoms with Gasteiger partial charge in [-0.2, -0.15) is 0 Å². The molecule has 0 saturated heterocycles. The Morgan fingerprint density at radius 2 is 1.83 bits per heavy atom. The molecule has 102 valence electrons. The molecular formula is C13H18F3NO. The summed E-state index contributed by atoms with van der Waals surface area (Å²) < 4.78 is 45.3. The summed E-state index contributed by atoms with van der Waals surface area (Å²) in [6.45, 7) is 4.20. The van der Waals surface area contributed by atoms with E-state index in [0.717, 1.165) is 6.07 Å². The van der Waals surface area contributed by atoms with Gasteiger partial charge in [-0.1, -0.05) is 13.0 Å². The Morgan fingerprint density at radius 3 is 2.33 bits per heavy atom. The first-order valence-electron chi connectivity index (χ1n) is 5.99. The van der Waals surface area contributed by atoms with Gasteiger partial charge in [0.2, 0.25) is 0 Å². The van der Waals surface area contributed by atoms with Crippen molar-refractivity contribution in [1.82, 2.24) is 5.32 Å². The number of halogens is 3. The normalized spacial score (nSPS) is 14.6. The molecule has 0 aromatic heterocycles. The standard InChI is InChI=1S/C13H18F3NO/c1-4-10(18-5-2)13(17-3)8-6-7-9(14)12(16)11(8)15/h6-7,10,13,17H,4-5H2,1-3H3. The lowest BCUT2D eigenvalue weighted by molar-refractivity contribution is 0.0323. The summed E-state index contributed by atoms with van der Waals surface area (Å²) in [5.74, 6) is -3.79. The van der Waals surface area contributed by atoms with Gasteiger partial charge >= 0.3 is 0 Å². The summed E-state index contributed by atoms with van der Waals surface area (Å²) in [6, 6.07) is 1.66. The average molecular weight is 261 g/mol. The van der Waals surface area contributed by atoms with Gasteiger partial charge in [0, 0.05) is 12.2 Å². The Morgan fingerprint density at radius 1 is 1.17 bits per heavy atom. The molecule has 5 heteroatoms. The molecule has 1 N–H and O–H groups in total. The van der Waals surface area contributed by atoms with Crippen LogP contribution in [0.15, 0.2) is 12.1 Å². The minimum absolute atomic E-state index is 0.0803. The van der Waals surface area contributed by atoms with Gasteiger partial charge in [0.05, 0.1) is 12.1 Å². The second-order valence-corrected chi connectivity index (χ2v) is 3.93. The van der Waals surface area contributed by atoms with Crippen molar-refractivity contribution < 1.29 is 17.9 Å². The Labute approximate surface area is 105 Å². The zero-order chi connectivity index (χ0) is 13.7. The summed E-state index contributed by atoms with van der Waals surface area (Å²) >= 11 is 0. The van der Waals surface area contributed by atoms with Crippen LogP contribution in [0.25, 0.3) is 0 Å². The van der Waals surface area contributed by atoms with Crippen LogP contribution in [0.5, 0.6) is 0 Å². The molecule has 0 amide bonds. The SMILES string of the molecule is CCOC(CC)C(NC)c1ccc(F)c(F)c1F. The molecule has 2 unspecified atom stereocenters. The van der Waals surface area contributed by atoms with E-state index in [9.17, 15) is 13.2 Å². The summed E-state index contributed by atoms with van der Waals surface area (Å²) in [5, 5.41) is 2.89. The van der Waals surface area contributed by atoms with Crippen LogP contribution < -0.4 is 5.32 Å². The fourth-order valence-corrected chi connectivity index (χ4v) is 1.99. The van der Waals surface area contributed by atoms with Crippen molar-refractivity contribution in [3.63, 3.8) is 0 Å². The van der Waals surface area contributed by atoms with Gasteiger partial charge in [-0.3, -0.25) is 0 Å². The predicted molar refractivity (Wildman–Crippen MR) is 63.8 cm³/mol. The second-order valence-electron chi connectivity index (χ2n) is 3.93. The van der Waals surface area contributed by atoms with E-state index in [4.69, 9.17) is 4.74 Å². The second kappa shape index (κ2) is 6.75. The topological polar surface area (TPSA) is 21.3 Å². The van der Waals surface area contributed by atoms with E-state index in [2.05, 4.69) is 5.32 Å². The maximum absolute atomic E-state index is 13.7. The number of ether oxygens (including phenoxy) is 1. The molecule has 1 aromatic carbocycles. The number of hydrogen-bond acceptors (Lipinski definition) is 2. The lowest BCUT2D eigenvalue weighted by Crippen LogP contribution is -2.32. The van der Waals surface area contributed by atoms with Gasteiger partial charge in [0.15, 0.2) is 17.5 Å². The molecule has 2 nitrogen and oxygen atoms in total. The van der Waals surface area contributed by atoms with Crippen LogP contribution in [-0.2, 0) is 4.74 Å². The Kier molecular flexibility index (Phi) is 5.62. The van der Waals surface area contributed by atoms with E-state index >= 15 is 0 Å². The number of nitrogens with one attached hydrogen (secondary N) is 1. The molecule has 0 aliphatic heterocycles. The fraction of sp³-hybridized carbons (Fsp3) is 0.538. The van der Waals surface area contributed by atoms with Gasteiger partial charge in [-0.25, -0.2) is 13.2 Å². The molecule has 0 bridgehead atoms.